The molecule has 9 heavy (non-hydrogen) atoms. The number of aliphatic hydroxyl groups is 1. The number of hydrogen-bond acceptors (Lipinski definition) is 1. The molecular formula is C7H17OSi. The smallest absolute Gasteiger partial charge is 0.0512 e. The highest BCUT2D eigenvalue weighted by molar-refractivity contribution is 6.79. The molecule has 1 nitrogen and oxygen atoms in total. The Labute approximate surface area is 59.1 Å². The van der Waals surface area contributed by atoms with Gasteiger partial charge < -0.3 is 5.11 Å². The third kappa shape index (κ3) is 8.18. The summed E-state index contributed by atoms with van der Waals surface area (Å²) in [6.45, 7) is 8.65. The SMILES string of the molecule is C[C@@H](O)C[CH][Si](C)(C)C. The van der Waals surface area contributed by atoms with Crippen LogP contribution in [0.4, 0.5) is 0 Å². The largest absolute Gasteiger partial charge is 0.393 e. The third-order valence-electron chi connectivity index (χ3n) is 1.07. The van der Waals surface area contributed by atoms with Crippen LogP contribution < -0.4 is 0 Å². The molecule has 0 rings (SSSR count). The maximum Gasteiger partial charge on any atom is 0.0512 e. The summed E-state index contributed by atoms with van der Waals surface area (Å²) in [5.41, 5.74) is 0. The summed E-state index contributed by atoms with van der Waals surface area (Å²) in [7, 11) is -1.00. The Balaban J connectivity index is 3.28. The van der Waals surface area contributed by atoms with E-state index < -0.39 is 8.07 Å². The normalized spacial score (nSPS) is 15.7. The van der Waals surface area contributed by atoms with Crippen LogP contribution in [0.25, 0.3) is 0 Å². The van der Waals surface area contributed by atoms with E-state index in [1.165, 1.54) is 0 Å². The van der Waals surface area contributed by atoms with Crippen LogP contribution in [0, 0.1) is 6.04 Å². The summed E-state index contributed by atoms with van der Waals surface area (Å²) >= 11 is 0. The van der Waals surface area contributed by atoms with Gasteiger partial charge in [0.2, 0.25) is 0 Å². The summed E-state index contributed by atoms with van der Waals surface area (Å²) in [5.74, 6) is 0. The van der Waals surface area contributed by atoms with Crippen molar-refractivity contribution in [3.8, 4) is 0 Å². The van der Waals surface area contributed by atoms with Crippen molar-refractivity contribution in [2.75, 3.05) is 0 Å². The fraction of sp³-hybridized carbons (Fsp3) is 0.857. The van der Waals surface area contributed by atoms with Crippen molar-refractivity contribution in [3.63, 3.8) is 0 Å². The highest BCUT2D eigenvalue weighted by Gasteiger charge is 2.13. The molecule has 0 aliphatic carbocycles. The molecule has 0 saturated heterocycles. The predicted molar refractivity (Wildman–Crippen MR) is 43.9 cm³/mol. The molecule has 0 heterocycles. The van der Waals surface area contributed by atoms with E-state index in [0.717, 1.165) is 6.42 Å². The molecule has 0 unspecified atom stereocenters. The van der Waals surface area contributed by atoms with Crippen LogP contribution in [0.2, 0.25) is 19.6 Å². The van der Waals surface area contributed by atoms with Crippen LogP contribution in [-0.2, 0) is 0 Å². The minimum atomic E-state index is -1.00. The van der Waals surface area contributed by atoms with Crippen molar-refractivity contribution >= 4 is 8.07 Å². The van der Waals surface area contributed by atoms with Gasteiger partial charge in [-0.05, 0) is 19.4 Å². The molecule has 0 aliphatic rings. The first kappa shape index (κ1) is 9.18. The molecule has 1 radical (unpaired) electrons. The lowest BCUT2D eigenvalue weighted by Gasteiger charge is -2.15. The van der Waals surface area contributed by atoms with Gasteiger partial charge in [0.1, 0.15) is 0 Å². The van der Waals surface area contributed by atoms with Crippen LogP contribution in [0.3, 0.4) is 0 Å². The molecule has 55 valence electrons. The lowest BCUT2D eigenvalue weighted by molar-refractivity contribution is 0.196. The molecule has 0 saturated carbocycles. The predicted octanol–water partition coefficient (Wildman–Crippen LogP) is 1.84. The molecule has 0 aromatic heterocycles. The summed E-state index contributed by atoms with van der Waals surface area (Å²) < 4.78 is 0. The van der Waals surface area contributed by atoms with Crippen LogP contribution in [0.1, 0.15) is 13.3 Å². The van der Waals surface area contributed by atoms with E-state index in [4.69, 9.17) is 5.11 Å². The second-order valence-electron chi connectivity index (χ2n) is 3.65. The first-order chi connectivity index (χ1) is 3.92. The third-order valence-corrected chi connectivity index (χ3v) is 2.53. The molecule has 0 aromatic carbocycles. The van der Waals surface area contributed by atoms with Gasteiger partial charge >= 0.3 is 0 Å². The summed E-state index contributed by atoms with van der Waals surface area (Å²) in [4.78, 5) is 0. The topological polar surface area (TPSA) is 20.2 Å². The van der Waals surface area contributed by atoms with E-state index in [1.807, 2.05) is 6.92 Å². The fourth-order valence-corrected chi connectivity index (χ4v) is 1.57. The lowest BCUT2D eigenvalue weighted by atomic mass is 10.3. The Bertz CT molecular complexity index is 73.5. The van der Waals surface area contributed by atoms with Gasteiger partial charge in [-0.3, -0.25) is 0 Å². The molecule has 0 fully saturated rings. The van der Waals surface area contributed by atoms with Gasteiger partial charge in [0.15, 0.2) is 0 Å². The highest BCUT2D eigenvalue weighted by Crippen LogP contribution is 2.09. The van der Waals surface area contributed by atoms with E-state index in [2.05, 4.69) is 25.7 Å². The van der Waals surface area contributed by atoms with Crippen LogP contribution in [-0.4, -0.2) is 19.3 Å². The van der Waals surface area contributed by atoms with Crippen molar-refractivity contribution < 1.29 is 5.11 Å². The van der Waals surface area contributed by atoms with Crippen molar-refractivity contribution in [3.05, 3.63) is 6.04 Å². The maximum absolute atomic E-state index is 8.91. The average molecular weight is 145 g/mol. The summed E-state index contributed by atoms with van der Waals surface area (Å²) in [6.07, 6.45) is 0.701. The standard InChI is InChI=1S/C7H17OSi/c1-7(8)5-6-9(2,3)4/h6-8H,5H2,1-4H3/t7-/m1/s1. The molecule has 1 N–H and O–H groups in total. The Morgan fingerprint density at radius 2 is 1.89 bits per heavy atom. The maximum atomic E-state index is 8.91. The van der Waals surface area contributed by atoms with E-state index in [1.54, 1.807) is 0 Å². The Morgan fingerprint density at radius 3 is 2.00 bits per heavy atom. The molecule has 0 bridgehead atoms. The van der Waals surface area contributed by atoms with Gasteiger partial charge in [0.25, 0.3) is 0 Å². The molecule has 0 aromatic rings. The minimum absolute atomic E-state index is 0.156. The Kier molecular flexibility index (Phi) is 3.44. The lowest BCUT2D eigenvalue weighted by Crippen LogP contribution is -2.23. The van der Waals surface area contributed by atoms with Crippen molar-refractivity contribution in [1.82, 2.24) is 0 Å². The Morgan fingerprint density at radius 1 is 1.44 bits per heavy atom. The molecule has 2 heteroatoms. The molecular weight excluding hydrogens is 128 g/mol. The quantitative estimate of drug-likeness (QED) is 0.601. The van der Waals surface area contributed by atoms with Crippen molar-refractivity contribution in [2.45, 2.75) is 39.1 Å². The Hall–Kier alpha value is 0.177. The molecule has 0 aliphatic heterocycles. The van der Waals surface area contributed by atoms with Crippen LogP contribution in [0.5, 0.6) is 0 Å². The van der Waals surface area contributed by atoms with E-state index in [0.29, 0.717) is 0 Å². The van der Waals surface area contributed by atoms with Crippen LogP contribution in [0.15, 0.2) is 0 Å². The van der Waals surface area contributed by atoms with Gasteiger partial charge in [0.05, 0.1) is 6.10 Å². The van der Waals surface area contributed by atoms with Crippen molar-refractivity contribution in [2.24, 2.45) is 0 Å². The molecule has 0 amide bonds. The minimum Gasteiger partial charge on any atom is -0.393 e. The van der Waals surface area contributed by atoms with E-state index in [9.17, 15) is 0 Å². The van der Waals surface area contributed by atoms with Gasteiger partial charge in [-0.25, -0.2) is 0 Å². The zero-order valence-electron chi connectivity index (χ0n) is 6.81. The first-order valence-electron chi connectivity index (χ1n) is 3.44. The second-order valence-corrected chi connectivity index (χ2v) is 8.80. The van der Waals surface area contributed by atoms with E-state index >= 15 is 0 Å². The monoisotopic (exact) mass is 145 g/mol. The summed E-state index contributed by atoms with van der Waals surface area (Å²) in [6, 6.07) is 2.28. The van der Waals surface area contributed by atoms with E-state index in [-0.39, 0.29) is 6.10 Å². The van der Waals surface area contributed by atoms with Gasteiger partial charge in [0, 0.05) is 8.07 Å². The number of rotatable bonds is 3. The zero-order valence-corrected chi connectivity index (χ0v) is 7.81. The molecule has 1 atom stereocenters. The summed E-state index contributed by atoms with van der Waals surface area (Å²) in [5, 5.41) is 8.91. The van der Waals surface area contributed by atoms with Crippen LogP contribution >= 0.6 is 0 Å². The average Bonchev–Trinajstić information content (AvgIpc) is 1.59. The molecule has 0 spiro atoms. The highest BCUT2D eigenvalue weighted by atomic mass is 28.3. The first-order valence-corrected chi connectivity index (χ1v) is 7.02. The van der Waals surface area contributed by atoms with Gasteiger partial charge in [-0.2, -0.15) is 0 Å². The fourth-order valence-electron chi connectivity index (χ4n) is 0.524. The number of aliphatic hydroxyl groups excluding tert-OH is 1. The van der Waals surface area contributed by atoms with Gasteiger partial charge in [-0.1, -0.05) is 19.6 Å². The zero-order chi connectivity index (χ0) is 7.49. The van der Waals surface area contributed by atoms with Gasteiger partial charge in [-0.15, -0.1) is 0 Å². The second kappa shape index (κ2) is 3.37. The number of hydrogen-bond donors (Lipinski definition) is 1. The van der Waals surface area contributed by atoms with Crippen molar-refractivity contribution in [1.29, 1.82) is 0 Å².